The van der Waals surface area contributed by atoms with Gasteiger partial charge < -0.3 is 5.11 Å². The highest BCUT2D eigenvalue weighted by Gasteiger charge is 2.19. The highest BCUT2D eigenvalue weighted by atomic mass is 19.1. The highest BCUT2D eigenvalue weighted by Crippen LogP contribution is 2.24. The maximum absolute atomic E-state index is 13.2. The van der Waals surface area contributed by atoms with Gasteiger partial charge in [-0.1, -0.05) is 6.92 Å². The number of rotatable bonds is 8. The van der Waals surface area contributed by atoms with Crippen molar-refractivity contribution in [2.24, 2.45) is 0 Å². The molecule has 0 spiro atoms. The topological polar surface area (TPSA) is 65.0 Å². The van der Waals surface area contributed by atoms with E-state index in [1.807, 2.05) is 12.1 Å². The highest BCUT2D eigenvalue weighted by molar-refractivity contribution is 5.62. The first-order valence-corrected chi connectivity index (χ1v) is 8.73. The lowest BCUT2D eigenvalue weighted by Crippen LogP contribution is -2.36. The van der Waals surface area contributed by atoms with Crippen molar-refractivity contribution in [2.45, 2.75) is 32.5 Å². The molecule has 2 heterocycles. The molecule has 2 aromatic heterocycles. The van der Waals surface area contributed by atoms with E-state index in [-0.39, 0.29) is 18.5 Å². The van der Waals surface area contributed by atoms with E-state index in [0.717, 1.165) is 28.8 Å². The van der Waals surface area contributed by atoms with Crippen LogP contribution >= 0.6 is 0 Å². The van der Waals surface area contributed by atoms with E-state index in [4.69, 9.17) is 0 Å². The van der Waals surface area contributed by atoms with E-state index >= 15 is 0 Å². The van der Waals surface area contributed by atoms with Crippen molar-refractivity contribution in [3.05, 3.63) is 71.9 Å². The molecular formula is C20H23FN4O. The van der Waals surface area contributed by atoms with Gasteiger partial charge in [0.25, 0.3) is 0 Å². The van der Waals surface area contributed by atoms with Crippen LogP contribution in [0.3, 0.4) is 0 Å². The molecule has 1 aromatic carbocycles. The summed E-state index contributed by atoms with van der Waals surface area (Å²) in [6.07, 6.45) is 6.18. The minimum atomic E-state index is -0.263. The zero-order chi connectivity index (χ0) is 18.4. The summed E-state index contributed by atoms with van der Waals surface area (Å²) in [5, 5.41) is 17.0. The number of H-pyrrole nitrogens is 1. The van der Waals surface area contributed by atoms with Crippen LogP contribution in [-0.2, 0) is 13.1 Å². The number of aliphatic hydroxyl groups is 1. The number of hydrogen-bond acceptors (Lipinski definition) is 4. The van der Waals surface area contributed by atoms with E-state index in [9.17, 15) is 9.50 Å². The fraction of sp³-hybridized carbons (Fsp3) is 0.300. The zero-order valence-electron chi connectivity index (χ0n) is 14.8. The second kappa shape index (κ2) is 8.69. The number of pyridine rings is 1. The second-order valence-electron chi connectivity index (χ2n) is 6.28. The average molecular weight is 354 g/mol. The molecule has 0 fully saturated rings. The standard InChI is InChI=1S/C20H23FN4O/c1-2-19(14-26)25(12-15-7-9-22-10-8-15)13-17-11-23-24-20(17)16-3-5-18(21)6-4-16/h3-11,19,26H,2,12-14H2,1H3,(H,23,24)/t19-/m0/s1. The van der Waals surface area contributed by atoms with E-state index < -0.39 is 0 Å². The maximum Gasteiger partial charge on any atom is 0.123 e. The molecule has 6 heteroatoms. The SMILES string of the molecule is CC[C@@H](CO)N(Cc1ccncc1)Cc1cn[nH]c1-c1ccc(F)cc1. The Morgan fingerprint density at radius 3 is 2.50 bits per heavy atom. The fourth-order valence-corrected chi connectivity index (χ4v) is 3.06. The van der Waals surface area contributed by atoms with Crippen molar-refractivity contribution in [1.29, 1.82) is 0 Å². The summed E-state index contributed by atoms with van der Waals surface area (Å²) in [6.45, 7) is 3.49. The Hall–Kier alpha value is -2.57. The summed E-state index contributed by atoms with van der Waals surface area (Å²) in [5.74, 6) is -0.263. The van der Waals surface area contributed by atoms with Crippen molar-refractivity contribution in [1.82, 2.24) is 20.1 Å². The molecule has 3 aromatic rings. The molecule has 0 bridgehead atoms. The Morgan fingerprint density at radius 2 is 1.85 bits per heavy atom. The third kappa shape index (κ3) is 4.33. The molecule has 0 aliphatic rings. The van der Waals surface area contributed by atoms with Crippen LogP contribution in [0.1, 0.15) is 24.5 Å². The van der Waals surface area contributed by atoms with Gasteiger partial charge in [0, 0.05) is 42.7 Å². The van der Waals surface area contributed by atoms with E-state index in [0.29, 0.717) is 13.1 Å². The summed E-state index contributed by atoms with van der Waals surface area (Å²) in [7, 11) is 0. The number of hydrogen-bond donors (Lipinski definition) is 2. The molecule has 1 atom stereocenters. The molecule has 0 saturated carbocycles. The van der Waals surface area contributed by atoms with Gasteiger partial charge in [0.2, 0.25) is 0 Å². The van der Waals surface area contributed by atoms with Crippen LogP contribution in [0.15, 0.2) is 55.0 Å². The number of nitrogens with one attached hydrogen (secondary N) is 1. The van der Waals surface area contributed by atoms with Gasteiger partial charge in [-0.15, -0.1) is 0 Å². The number of benzene rings is 1. The largest absolute Gasteiger partial charge is 0.395 e. The Kier molecular flexibility index (Phi) is 6.09. The molecule has 3 rings (SSSR count). The van der Waals surface area contributed by atoms with Gasteiger partial charge in [-0.3, -0.25) is 15.0 Å². The van der Waals surface area contributed by atoms with Crippen molar-refractivity contribution >= 4 is 0 Å². The minimum Gasteiger partial charge on any atom is -0.395 e. The molecule has 2 N–H and O–H groups in total. The lowest BCUT2D eigenvalue weighted by Gasteiger charge is -2.30. The number of nitrogens with zero attached hydrogens (tertiary/aromatic N) is 3. The number of aromatic nitrogens is 3. The van der Waals surface area contributed by atoms with E-state index in [1.165, 1.54) is 12.1 Å². The first-order valence-electron chi connectivity index (χ1n) is 8.73. The quantitative estimate of drug-likeness (QED) is 0.651. The molecule has 136 valence electrons. The predicted molar refractivity (Wildman–Crippen MR) is 98.6 cm³/mol. The van der Waals surface area contributed by atoms with Crippen LogP contribution < -0.4 is 0 Å². The number of aliphatic hydroxyl groups excluding tert-OH is 1. The van der Waals surface area contributed by atoms with Crippen molar-refractivity contribution in [3.63, 3.8) is 0 Å². The van der Waals surface area contributed by atoms with E-state index in [2.05, 4.69) is 27.0 Å². The molecule has 0 radical (unpaired) electrons. The summed E-state index contributed by atoms with van der Waals surface area (Å²) < 4.78 is 13.2. The van der Waals surface area contributed by atoms with Gasteiger partial charge >= 0.3 is 0 Å². The van der Waals surface area contributed by atoms with Crippen LogP contribution in [0.5, 0.6) is 0 Å². The van der Waals surface area contributed by atoms with Gasteiger partial charge in [-0.2, -0.15) is 5.10 Å². The van der Waals surface area contributed by atoms with Crippen molar-refractivity contribution in [3.8, 4) is 11.3 Å². The molecular weight excluding hydrogens is 331 g/mol. The minimum absolute atomic E-state index is 0.0409. The van der Waals surface area contributed by atoms with Gasteiger partial charge in [-0.25, -0.2) is 4.39 Å². The molecule has 0 amide bonds. The smallest absolute Gasteiger partial charge is 0.123 e. The zero-order valence-corrected chi connectivity index (χ0v) is 14.8. The lowest BCUT2D eigenvalue weighted by molar-refractivity contribution is 0.107. The average Bonchev–Trinajstić information content (AvgIpc) is 3.12. The second-order valence-corrected chi connectivity index (χ2v) is 6.28. The van der Waals surface area contributed by atoms with Gasteiger partial charge in [0.15, 0.2) is 0 Å². The number of aromatic amines is 1. The first kappa shape index (κ1) is 18.2. The molecule has 26 heavy (non-hydrogen) atoms. The lowest BCUT2D eigenvalue weighted by atomic mass is 10.1. The van der Waals surface area contributed by atoms with Crippen LogP contribution in [-0.4, -0.2) is 37.8 Å². The van der Waals surface area contributed by atoms with Gasteiger partial charge in [0.05, 0.1) is 18.5 Å². The Bertz CT molecular complexity index is 800. The summed E-state index contributed by atoms with van der Waals surface area (Å²) in [6, 6.07) is 10.4. The summed E-state index contributed by atoms with van der Waals surface area (Å²) >= 11 is 0. The van der Waals surface area contributed by atoms with Crippen LogP contribution in [0.4, 0.5) is 4.39 Å². The normalized spacial score (nSPS) is 12.5. The summed E-state index contributed by atoms with van der Waals surface area (Å²) in [4.78, 5) is 6.29. The predicted octanol–water partition coefficient (Wildman–Crippen LogP) is 3.38. The molecule has 0 aliphatic carbocycles. The van der Waals surface area contributed by atoms with Crippen molar-refractivity contribution < 1.29 is 9.50 Å². The van der Waals surface area contributed by atoms with Crippen LogP contribution in [0.2, 0.25) is 0 Å². The monoisotopic (exact) mass is 354 g/mol. The van der Waals surface area contributed by atoms with E-state index in [1.54, 1.807) is 30.7 Å². The Morgan fingerprint density at radius 1 is 1.12 bits per heavy atom. The van der Waals surface area contributed by atoms with Crippen LogP contribution in [0, 0.1) is 5.82 Å². The fourth-order valence-electron chi connectivity index (χ4n) is 3.06. The Balaban J connectivity index is 1.85. The van der Waals surface area contributed by atoms with Crippen molar-refractivity contribution in [2.75, 3.05) is 6.61 Å². The van der Waals surface area contributed by atoms with Gasteiger partial charge in [-0.05, 0) is 48.4 Å². The maximum atomic E-state index is 13.2. The molecule has 0 aliphatic heterocycles. The molecule has 5 nitrogen and oxygen atoms in total. The molecule has 0 unspecified atom stereocenters. The summed E-state index contributed by atoms with van der Waals surface area (Å²) in [5.41, 5.74) is 3.91. The molecule has 0 saturated heterocycles. The number of halogens is 1. The van der Waals surface area contributed by atoms with Gasteiger partial charge in [0.1, 0.15) is 5.82 Å². The van der Waals surface area contributed by atoms with Crippen LogP contribution in [0.25, 0.3) is 11.3 Å². The first-order chi connectivity index (χ1) is 12.7. The third-order valence-electron chi connectivity index (χ3n) is 4.56. The Labute approximate surface area is 152 Å². The third-order valence-corrected chi connectivity index (χ3v) is 4.56.